The highest BCUT2D eigenvalue weighted by Crippen LogP contribution is 2.07. The normalized spacial score (nSPS) is 11.3. The molecule has 0 radical (unpaired) electrons. The highest BCUT2D eigenvalue weighted by atomic mass is 32.3. The summed E-state index contributed by atoms with van der Waals surface area (Å²) in [4.78, 5) is 0. The lowest BCUT2D eigenvalue weighted by molar-refractivity contribution is 0.278. The first-order valence-electron chi connectivity index (χ1n) is 4.40. The molecule has 0 heterocycles. The molecule has 5 nitrogen and oxygen atoms in total. The van der Waals surface area contributed by atoms with Crippen LogP contribution < -0.4 is 5.32 Å². The van der Waals surface area contributed by atoms with E-state index in [1.807, 2.05) is 31.2 Å². The van der Waals surface area contributed by atoms with E-state index in [1.54, 1.807) is 0 Å². The van der Waals surface area contributed by atoms with Crippen LogP contribution in [0.15, 0.2) is 24.3 Å². The highest BCUT2D eigenvalue weighted by Gasteiger charge is 2.02. The topological polar surface area (TPSA) is 75.6 Å². The van der Waals surface area contributed by atoms with Crippen molar-refractivity contribution in [2.24, 2.45) is 0 Å². The van der Waals surface area contributed by atoms with Crippen LogP contribution in [0.25, 0.3) is 0 Å². The molecule has 6 heteroatoms. The summed E-state index contributed by atoms with van der Waals surface area (Å²) in [6, 6.07) is 7.63. The van der Waals surface area contributed by atoms with Crippen molar-refractivity contribution in [3.63, 3.8) is 0 Å². The molecule has 0 aliphatic carbocycles. The molecule has 0 unspecified atom stereocenters. The Balaban J connectivity index is 2.29. The first-order chi connectivity index (χ1) is 6.97. The van der Waals surface area contributed by atoms with Gasteiger partial charge in [0.1, 0.15) is 0 Å². The molecule has 0 saturated heterocycles. The summed E-state index contributed by atoms with van der Waals surface area (Å²) in [5, 5.41) is 2.94. The van der Waals surface area contributed by atoms with E-state index in [4.69, 9.17) is 4.55 Å². The molecule has 0 aromatic heterocycles. The van der Waals surface area contributed by atoms with Crippen molar-refractivity contribution in [1.82, 2.24) is 0 Å². The third-order valence-corrected chi connectivity index (χ3v) is 2.18. The van der Waals surface area contributed by atoms with Crippen LogP contribution in [0.3, 0.4) is 0 Å². The number of nitrogens with one attached hydrogen (secondary N) is 1. The minimum absolute atomic E-state index is 0.104. The van der Waals surface area contributed by atoms with Gasteiger partial charge < -0.3 is 5.32 Å². The highest BCUT2D eigenvalue weighted by molar-refractivity contribution is 7.80. The van der Waals surface area contributed by atoms with Gasteiger partial charge in [-0.25, -0.2) is 4.18 Å². The van der Waals surface area contributed by atoms with Crippen molar-refractivity contribution in [1.29, 1.82) is 0 Å². The van der Waals surface area contributed by atoms with Gasteiger partial charge in [-0.2, -0.15) is 8.42 Å². The average molecular weight is 231 g/mol. The fourth-order valence-corrected chi connectivity index (χ4v) is 1.31. The number of hydrogen-bond acceptors (Lipinski definition) is 4. The summed E-state index contributed by atoms with van der Waals surface area (Å²) in [5.41, 5.74) is 2.02. The summed E-state index contributed by atoms with van der Waals surface area (Å²) >= 11 is 0. The van der Waals surface area contributed by atoms with Crippen LogP contribution in [0.1, 0.15) is 5.56 Å². The van der Waals surface area contributed by atoms with Gasteiger partial charge in [0.25, 0.3) is 0 Å². The molecule has 15 heavy (non-hydrogen) atoms. The van der Waals surface area contributed by atoms with E-state index >= 15 is 0 Å². The van der Waals surface area contributed by atoms with Crippen molar-refractivity contribution in [3.8, 4) is 0 Å². The minimum atomic E-state index is -4.33. The molecule has 1 aromatic carbocycles. The van der Waals surface area contributed by atoms with Crippen LogP contribution in [0.2, 0.25) is 0 Å². The summed E-state index contributed by atoms with van der Waals surface area (Å²) in [6.45, 7) is 2.18. The Morgan fingerprint density at radius 1 is 1.33 bits per heavy atom. The zero-order chi connectivity index (χ0) is 11.3. The van der Waals surface area contributed by atoms with Gasteiger partial charge in [-0.15, -0.1) is 0 Å². The van der Waals surface area contributed by atoms with Crippen molar-refractivity contribution < 1.29 is 17.2 Å². The number of benzene rings is 1. The Bertz CT molecular complexity index is 399. The molecule has 0 fully saturated rings. The lowest BCUT2D eigenvalue weighted by Crippen LogP contribution is -2.13. The van der Waals surface area contributed by atoms with E-state index in [9.17, 15) is 8.42 Å². The van der Waals surface area contributed by atoms with E-state index in [1.165, 1.54) is 0 Å². The fourth-order valence-electron chi connectivity index (χ4n) is 1.01. The van der Waals surface area contributed by atoms with Gasteiger partial charge in [0.05, 0.1) is 6.61 Å². The smallest absolute Gasteiger partial charge is 0.383 e. The number of hydrogen-bond donors (Lipinski definition) is 2. The lowest BCUT2D eigenvalue weighted by atomic mass is 10.2. The van der Waals surface area contributed by atoms with Crippen LogP contribution in [0.5, 0.6) is 0 Å². The molecular weight excluding hydrogens is 218 g/mol. The minimum Gasteiger partial charge on any atom is -0.383 e. The molecule has 0 bridgehead atoms. The van der Waals surface area contributed by atoms with Crippen molar-refractivity contribution in [2.75, 3.05) is 18.5 Å². The third kappa shape index (κ3) is 5.36. The number of rotatable bonds is 5. The molecular formula is C9H13NO4S. The largest absolute Gasteiger partial charge is 0.397 e. The quantitative estimate of drug-likeness (QED) is 0.588. The molecule has 0 aliphatic heterocycles. The molecule has 1 aromatic rings. The zero-order valence-corrected chi connectivity index (χ0v) is 9.12. The molecule has 0 spiro atoms. The van der Waals surface area contributed by atoms with Crippen LogP contribution >= 0.6 is 0 Å². The zero-order valence-electron chi connectivity index (χ0n) is 8.30. The first kappa shape index (κ1) is 12.0. The molecule has 0 amide bonds. The standard InChI is InChI=1S/C9H13NO4S/c1-8-2-4-9(5-3-8)10-6-7-14-15(11,12)13/h2-5,10H,6-7H2,1H3,(H,11,12,13). The van der Waals surface area contributed by atoms with Gasteiger partial charge in [-0.1, -0.05) is 17.7 Å². The first-order valence-corrected chi connectivity index (χ1v) is 5.76. The maximum atomic E-state index is 10.2. The summed E-state index contributed by atoms with van der Waals surface area (Å²) < 4.78 is 32.8. The Hall–Kier alpha value is -1.11. The van der Waals surface area contributed by atoms with Gasteiger partial charge in [-0.3, -0.25) is 4.55 Å². The monoisotopic (exact) mass is 231 g/mol. The molecule has 84 valence electrons. The van der Waals surface area contributed by atoms with Crippen LogP contribution in [-0.4, -0.2) is 26.1 Å². The van der Waals surface area contributed by atoms with E-state index in [0.29, 0.717) is 6.54 Å². The second-order valence-electron chi connectivity index (χ2n) is 3.04. The number of aryl methyl sites for hydroxylation is 1. The van der Waals surface area contributed by atoms with Gasteiger partial charge >= 0.3 is 10.4 Å². The van der Waals surface area contributed by atoms with Crippen molar-refractivity contribution in [3.05, 3.63) is 29.8 Å². The van der Waals surface area contributed by atoms with Gasteiger partial charge in [0, 0.05) is 12.2 Å². The van der Waals surface area contributed by atoms with Crippen LogP contribution in [0.4, 0.5) is 5.69 Å². The van der Waals surface area contributed by atoms with Crippen molar-refractivity contribution in [2.45, 2.75) is 6.92 Å². The molecule has 2 N–H and O–H groups in total. The second-order valence-corrected chi connectivity index (χ2v) is 4.13. The van der Waals surface area contributed by atoms with Crippen LogP contribution in [-0.2, 0) is 14.6 Å². The van der Waals surface area contributed by atoms with E-state index in [-0.39, 0.29) is 6.61 Å². The Morgan fingerprint density at radius 2 is 1.93 bits per heavy atom. The molecule has 0 saturated carbocycles. The Kier molecular flexibility index (Phi) is 4.07. The van der Waals surface area contributed by atoms with E-state index < -0.39 is 10.4 Å². The van der Waals surface area contributed by atoms with Crippen molar-refractivity contribution >= 4 is 16.1 Å². The maximum Gasteiger partial charge on any atom is 0.397 e. The van der Waals surface area contributed by atoms with E-state index in [0.717, 1.165) is 11.3 Å². The SMILES string of the molecule is Cc1ccc(NCCOS(=O)(=O)O)cc1. The van der Waals surface area contributed by atoms with Crippen LogP contribution in [0, 0.1) is 6.92 Å². The predicted molar refractivity (Wildman–Crippen MR) is 57.2 cm³/mol. The number of anilines is 1. The summed E-state index contributed by atoms with van der Waals surface area (Å²) in [7, 11) is -4.33. The fraction of sp³-hybridized carbons (Fsp3) is 0.333. The predicted octanol–water partition coefficient (Wildman–Crippen LogP) is 1.23. The summed E-state index contributed by atoms with van der Waals surface area (Å²) in [6.07, 6.45) is 0. The average Bonchev–Trinajstić information content (AvgIpc) is 2.14. The van der Waals surface area contributed by atoms with Gasteiger partial charge in [0.15, 0.2) is 0 Å². The van der Waals surface area contributed by atoms with Gasteiger partial charge in [0.2, 0.25) is 0 Å². The molecule has 0 aliphatic rings. The maximum absolute atomic E-state index is 10.2. The summed E-state index contributed by atoms with van der Waals surface area (Å²) in [5.74, 6) is 0. The lowest BCUT2D eigenvalue weighted by Gasteiger charge is -2.05. The van der Waals surface area contributed by atoms with Gasteiger partial charge in [-0.05, 0) is 19.1 Å². The second kappa shape index (κ2) is 5.11. The Morgan fingerprint density at radius 3 is 2.47 bits per heavy atom. The van der Waals surface area contributed by atoms with E-state index in [2.05, 4.69) is 9.50 Å². The Labute approximate surface area is 89.0 Å². The molecule has 1 rings (SSSR count). The molecule has 0 atom stereocenters. The third-order valence-electron chi connectivity index (χ3n) is 1.72.